The Labute approximate surface area is 110 Å². The van der Waals surface area contributed by atoms with Crippen LogP contribution in [0.5, 0.6) is 0 Å². The first-order valence-corrected chi connectivity index (χ1v) is 6.78. The second-order valence-corrected chi connectivity index (χ2v) is 5.32. The fourth-order valence-electron chi connectivity index (χ4n) is 2.59. The van der Waals surface area contributed by atoms with Crippen molar-refractivity contribution in [3.8, 4) is 0 Å². The van der Waals surface area contributed by atoms with E-state index in [0.29, 0.717) is 0 Å². The van der Waals surface area contributed by atoms with Crippen LogP contribution in [-0.4, -0.2) is 19.2 Å². The minimum Gasteiger partial charge on any atom is -0.496 e. The SMILES string of the molecule is CCNC(C1=CCCO1)C(C)(C)c1ccccc1. The summed E-state index contributed by atoms with van der Waals surface area (Å²) in [5.41, 5.74) is 1.36. The van der Waals surface area contributed by atoms with Gasteiger partial charge in [0.05, 0.1) is 12.6 Å². The van der Waals surface area contributed by atoms with Gasteiger partial charge in [0.2, 0.25) is 0 Å². The van der Waals surface area contributed by atoms with Gasteiger partial charge in [-0.3, -0.25) is 0 Å². The highest BCUT2D eigenvalue weighted by Crippen LogP contribution is 2.32. The molecule has 0 saturated heterocycles. The molecule has 98 valence electrons. The summed E-state index contributed by atoms with van der Waals surface area (Å²) in [5, 5.41) is 3.57. The van der Waals surface area contributed by atoms with Gasteiger partial charge < -0.3 is 10.1 Å². The average molecular weight is 245 g/mol. The monoisotopic (exact) mass is 245 g/mol. The molecule has 0 aromatic heterocycles. The Morgan fingerprint density at radius 3 is 2.56 bits per heavy atom. The van der Waals surface area contributed by atoms with E-state index in [4.69, 9.17) is 4.74 Å². The first kappa shape index (κ1) is 13.2. The fourth-order valence-corrected chi connectivity index (χ4v) is 2.59. The normalized spacial score (nSPS) is 17.2. The fraction of sp³-hybridized carbons (Fsp3) is 0.500. The second-order valence-electron chi connectivity index (χ2n) is 5.32. The summed E-state index contributed by atoms with van der Waals surface area (Å²) in [6, 6.07) is 10.9. The van der Waals surface area contributed by atoms with Crippen LogP contribution >= 0.6 is 0 Å². The van der Waals surface area contributed by atoms with Crippen molar-refractivity contribution in [2.24, 2.45) is 0 Å². The predicted octanol–water partition coefficient (Wildman–Crippen LogP) is 3.25. The summed E-state index contributed by atoms with van der Waals surface area (Å²) in [6.07, 6.45) is 3.25. The van der Waals surface area contributed by atoms with E-state index in [1.54, 1.807) is 0 Å². The Balaban J connectivity index is 2.29. The van der Waals surface area contributed by atoms with Crippen LogP contribution < -0.4 is 5.32 Å². The molecule has 2 heteroatoms. The van der Waals surface area contributed by atoms with Gasteiger partial charge in [0.25, 0.3) is 0 Å². The van der Waals surface area contributed by atoms with Gasteiger partial charge in [-0.1, -0.05) is 51.1 Å². The van der Waals surface area contributed by atoms with Crippen molar-refractivity contribution in [2.75, 3.05) is 13.2 Å². The molecule has 1 N–H and O–H groups in total. The molecular formula is C16H23NO. The van der Waals surface area contributed by atoms with Gasteiger partial charge in [0.1, 0.15) is 5.76 Å². The number of hydrogen-bond donors (Lipinski definition) is 1. The molecule has 0 aliphatic carbocycles. The van der Waals surface area contributed by atoms with E-state index >= 15 is 0 Å². The second kappa shape index (κ2) is 5.57. The van der Waals surface area contributed by atoms with Gasteiger partial charge in [-0.15, -0.1) is 0 Å². The zero-order chi connectivity index (χ0) is 13.0. The Bertz CT molecular complexity index is 408. The predicted molar refractivity (Wildman–Crippen MR) is 75.6 cm³/mol. The average Bonchev–Trinajstić information content (AvgIpc) is 2.90. The molecule has 0 radical (unpaired) electrons. The van der Waals surface area contributed by atoms with Crippen molar-refractivity contribution in [1.29, 1.82) is 0 Å². The molecule has 1 unspecified atom stereocenters. The van der Waals surface area contributed by atoms with Crippen LogP contribution in [0, 0.1) is 0 Å². The summed E-state index contributed by atoms with van der Waals surface area (Å²) in [6.45, 7) is 8.46. The molecule has 1 aromatic rings. The van der Waals surface area contributed by atoms with E-state index in [-0.39, 0.29) is 11.5 Å². The summed E-state index contributed by atoms with van der Waals surface area (Å²) in [4.78, 5) is 0. The third kappa shape index (κ3) is 2.59. The molecular weight excluding hydrogens is 222 g/mol. The topological polar surface area (TPSA) is 21.3 Å². The van der Waals surface area contributed by atoms with Crippen LogP contribution in [0.25, 0.3) is 0 Å². The highest BCUT2D eigenvalue weighted by atomic mass is 16.5. The lowest BCUT2D eigenvalue weighted by Gasteiger charge is -2.35. The number of benzene rings is 1. The van der Waals surface area contributed by atoms with Crippen LogP contribution in [-0.2, 0) is 10.2 Å². The van der Waals surface area contributed by atoms with Crippen molar-refractivity contribution >= 4 is 0 Å². The minimum absolute atomic E-state index is 0.0213. The van der Waals surface area contributed by atoms with Crippen molar-refractivity contribution in [2.45, 2.75) is 38.6 Å². The molecule has 1 aliphatic heterocycles. The summed E-state index contributed by atoms with van der Waals surface area (Å²) >= 11 is 0. The van der Waals surface area contributed by atoms with Crippen molar-refractivity contribution in [1.82, 2.24) is 5.32 Å². The van der Waals surface area contributed by atoms with E-state index < -0.39 is 0 Å². The zero-order valence-electron chi connectivity index (χ0n) is 11.6. The molecule has 2 nitrogen and oxygen atoms in total. The Hall–Kier alpha value is -1.28. The smallest absolute Gasteiger partial charge is 0.110 e. The number of nitrogens with one attached hydrogen (secondary N) is 1. The molecule has 2 rings (SSSR count). The van der Waals surface area contributed by atoms with Crippen molar-refractivity contribution < 1.29 is 4.74 Å². The minimum atomic E-state index is 0.0213. The van der Waals surface area contributed by atoms with Gasteiger partial charge in [0.15, 0.2) is 0 Å². The maximum atomic E-state index is 5.77. The lowest BCUT2D eigenvalue weighted by atomic mass is 9.76. The lowest BCUT2D eigenvalue weighted by molar-refractivity contribution is 0.189. The summed E-state index contributed by atoms with van der Waals surface area (Å²) in [5.74, 6) is 1.10. The molecule has 1 atom stereocenters. The summed E-state index contributed by atoms with van der Waals surface area (Å²) < 4.78 is 5.77. The molecule has 18 heavy (non-hydrogen) atoms. The molecule has 1 aliphatic rings. The van der Waals surface area contributed by atoms with E-state index in [9.17, 15) is 0 Å². The Morgan fingerprint density at radius 2 is 2.00 bits per heavy atom. The summed E-state index contributed by atoms with van der Waals surface area (Å²) in [7, 11) is 0. The first-order chi connectivity index (χ1) is 8.66. The molecule has 1 heterocycles. The van der Waals surface area contributed by atoms with E-state index in [2.05, 4.69) is 62.5 Å². The maximum Gasteiger partial charge on any atom is 0.110 e. The third-order valence-corrected chi connectivity index (χ3v) is 3.66. The van der Waals surface area contributed by atoms with Crippen LogP contribution in [0.2, 0.25) is 0 Å². The van der Waals surface area contributed by atoms with E-state index in [1.807, 2.05) is 0 Å². The number of hydrogen-bond acceptors (Lipinski definition) is 2. The van der Waals surface area contributed by atoms with Crippen molar-refractivity contribution in [3.63, 3.8) is 0 Å². The lowest BCUT2D eigenvalue weighted by Crippen LogP contribution is -2.46. The molecule has 0 fully saturated rings. The van der Waals surface area contributed by atoms with Crippen LogP contribution in [0.3, 0.4) is 0 Å². The quantitative estimate of drug-likeness (QED) is 0.860. The highest BCUT2D eigenvalue weighted by Gasteiger charge is 2.35. The van der Waals surface area contributed by atoms with Gasteiger partial charge in [0, 0.05) is 11.8 Å². The van der Waals surface area contributed by atoms with Gasteiger partial charge in [-0.2, -0.15) is 0 Å². The number of rotatable bonds is 5. The third-order valence-electron chi connectivity index (χ3n) is 3.66. The van der Waals surface area contributed by atoms with E-state index in [1.165, 1.54) is 5.56 Å². The molecule has 0 amide bonds. The highest BCUT2D eigenvalue weighted by molar-refractivity contribution is 5.30. The van der Waals surface area contributed by atoms with Gasteiger partial charge >= 0.3 is 0 Å². The Kier molecular flexibility index (Phi) is 4.07. The van der Waals surface area contributed by atoms with Crippen LogP contribution in [0.1, 0.15) is 32.8 Å². The van der Waals surface area contributed by atoms with Crippen LogP contribution in [0.4, 0.5) is 0 Å². The molecule has 0 spiro atoms. The largest absolute Gasteiger partial charge is 0.496 e. The van der Waals surface area contributed by atoms with E-state index in [0.717, 1.165) is 25.3 Å². The maximum absolute atomic E-state index is 5.77. The standard InChI is InChI=1S/C16H23NO/c1-4-17-15(14-11-8-12-18-14)16(2,3)13-9-6-5-7-10-13/h5-7,9-11,15,17H,4,8,12H2,1-3H3. The molecule has 1 aromatic carbocycles. The first-order valence-electron chi connectivity index (χ1n) is 6.78. The van der Waals surface area contributed by atoms with Gasteiger partial charge in [-0.25, -0.2) is 0 Å². The van der Waals surface area contributed by atoms with Gasteiger partial charge in [-0.05, 0) is 18.2 Å². The Morgan fingerprint density at radius 1 is 1.28 bits per heavy atom. The zero-order valence-corrected chi connectivity index (χ0v) is 11.6. The molecule has 0 saturated carbocycles. The van der Waals surface area contributed by atoms with Crippen LogP contribution in [0.15, 0.2) is 42.2 Å². The number of likely N-dealkylation sites (N-methyl/N-ethyl adjacent to an activating group) is 1. The number of ether oxygens (including phenoxy) is 1. The molecule has 0 bridgehead atoms. The van der Waals surface area contributed by atoms with Crippen molar-refractivity contribution in [3.05, 3.63) is 47.7 Å².